The van der Waals surface area contributed by atoms with Gasteiger partial charge in [-0.1, -0.05) is 23.7 Å². The molecule has 0 aliphatic rings. The molecule has 0 fully saturated rings. The number of ether oxygens (including phenoxy) is 2. The second-order valence-corrected chi connectivity index (χ2v) is 14.4. The number of halogens is 5. The Bertz CT molecular complexity index is 2620. The molecule has 1 atom stereocenters. The van der Waals surface area contributed by atoms with E-state index >= 15 is 8.78 Å². The standard InChI is InChI=1S/C35H29ClF4N6O7S/c1-44-30-26(10-9-23(36)27(30)33(43-44)45(54(4,50)51)16-17-5-7-21(52-2)8-6-17)46-32(25(41-35(48)49)13-18-11-19(37)14-20(38)12-18)42-29-22(34(46)47)15-24(39)31(53-3)28(29)40/h5-12,14-15,25,41H,13,16H2,1-4H3,(H,48,49)/t25-/m0/s1. The van der Waals surface area contributed by atoms with Crippen LogP contribution in [0.5, 0.6) is 11.5 Å². The summed E-state index contributed by atoms with van der Waals surface area (Å²) < 4.78 is 99.1. The van der Waals surface area contributed by atoms with Crippen molar-refractivity contribution in [1.82, 2.24) is 24.6 Å². The molecule has 2 heterocycles. The van der Waals surface area contributed by atoms with Gasteiger partial charge in [0.2, 0.25) is 10.0 Å². The molecule has 0 bridgehead atoms. The quantitative estimate of drug-likeness (QED) is 0.150. The Labute approximate surface area is 309 Å². The second kappa shape index (κ2) is 14.5. The van der Waals surface area contributed by atoms with Crippen LogP contribution in [0.4, 0.5) is 28.2 Å². The van der Waals surface area contributed by atoms with E-state index in [1.54, 1.807) is 24.3 Å². The molecule has 2 aromatic heterocycles. The number of rotatable bonds is 11. The fraction of sp³-hybridized carbons (Fsp3) is 0.200. The SMILES string of the molecule is COc1ccc(CN(c2nn(C)c3c(-n4c([C@H](Cc5cc(F)cc(F)c5)NC(=O)O)nc5c(F)c(OC)c(F)cc5c4=O)ccc(Cl)c23)S(C)(=O)=O)cc1. The lowest BCUT2D eigenvalue weighted by Gasteiger charge is -2.23. The normalized spacial score (nSPS) is 12.2. The molecule has 0 saturated carbocycles. The van der Waals surface area contributed by atoms with Gasteiger partial charge in [0.15, 0.2) is 23.2 Å². The van der Waals surface area contributed by atoms with E-state index in [2.05, 4.69) is 15.4 Å². The fourth-order valence-corrected chi connectivity index (χ4v) is 7.23. The second-order valence-electron chi connectivity index (χ2n) is 12.1. The van der Waals surface area contributed by atoms with E-state index in [0.29, 0.717) is 23.4 Å². The van der Waals surface area contributed by atoms with Crippen molar-refractivity contribution >= 4 is 55.3 Å². The first-order valence-corrected chi connectivity index (χ1v) is 17.9. The van der Waals surface area contributed by atoms with Crippen molar-refractivity contribution < 1.29 is 45.4 Å². The molecule has 0 aliphatic carbocycles. The summed E-state index contributed by atoms with van der Waals surface area (Å²) in [5.74, 6) is -5.60. The molecule has 13 nitrogen and oxygen atoms in total. The molecular formula is C35H29ClF4N6O7S. The van der Waals surface area contributed by atoms with Crippen molar-refractivity contribution in [3.63, 3.8) is 0 Å². The molecular weight excluding hydrogens is 760 g/mol. The lowest BCUT2D eigenvalue weighted by Crippen LogP contribution is -2.35. The number of carbonyl (C=O) groups is 1. The van der Waals surface area contributed by atoms with E-state index in [-0.39, 0.29) is 39.5 Å². The number of hydrogen-bond donors (Lipinski definition) is 2. The summed E-state index contributed by atoms with van der Waals surface area (Å²) in [4.78, 5) is 31.0. The molecule has 19 heteroatoms. The van der Waals surface area contributed by atoms with Crippen molar-refractivity contribution in [2.24, 2.45) is 7.05 Å². The third kappa shape index (κ3) is 7.08. The average molecular weight is 789 g/mol. The zero-order valence-corrected chi connectivity index (χ0v) is 30.3. The predicted octanol–water partition coefficient (Wildman–Crippen LogP) is 6.02. The van der Waals surface area contributed by atoms with Gasteiger partial charge in [-0.25, -0.2) is 40.1 Å². The Hall–Kier alpha value is -5.88. The first kappa shape index (κ1) is 37.9. The predicted molar refractivity (Wildman–Crippen MR) is 191 cm³/mol. The van der Waals surface area contributed by atoms with E-state index in [4.69, 9.17) is 21.1 Å². The molecule has 54 heavy (non-hydrogen) atoms. The third-order valence-corrected chi connectivity index (χ3v) is 9.89. The number of methoxy groups -OCH3 is 2. The number of nitrogens with one attached hydrogen (secondary N) is 1. The van der Waals surface area contributed by atoms with Crippen LogP contribution in [0.2, 0.25) is 5.02 Å². The number of aryl methyl sites for hydroxylation is 1. The number of hydrogen-bond acceptors (Lipinski definition) is 8. The van der Waals surface area contributed by atoms with Gasteiger partial charge in [0, 0.05) is 19.5 Å². The van der Waals surface area contributed by atoms with Crippen LogP contribution in [-0.2, 0) is 30.0 Å². The zero-order valence-electron chi connectivity index (χ0n) is 28.7. The fourth-order valence-electron chi connectivity index (χ4n) is 6.17. The van der Waals surface area contributed by atoms with Crippen LogP contribution in [0, 0.1) is 23.3 Å². The first-order chi connectivity index (χ1) is 25.5. The summed E-state index contributed by atoms with van der Waals surface area (Å²) >= 11 is 6.72. The number of amides is 1. The Morgan fingerprint density at radius 1 is 1.00 bits per heavy atom. The number of fused-ring (bicyclic) bond motifs is 2. The van der Waals surface area contributed by atoms with Crippen molar-refractivity contribution in [2.75, 3.05) is 24.8 Å². The number of nitrogens with zero attached hydrogens (tertiary/aromatic N) is 5. The molecule has 0 unspecified atom stereocenters. The summed E-state index contributed by atoms with van der Waals surface area (Å²) in [5, 5.41) is 15.9. The van der Waals surface area contributed by atoms with Crippen LogP contribution >= 0.6 is 11.6 Å². The van der Waals surface area contributed by atoms with Crippen LogP contribution < -0.4 is 24.7 Å². The molecule has 0 aliphatic heterocycles. The summed E-state index contributed by atoms with van der Waals surface area (Å²) in [6.45, 7) is -0.215. The Balaban J connectivity index is 1.67. The van der Waals surface area contributed by atoms with Gasteiger partial charge in [0.25, 0.3) is 5.56 Å². The van der Waals surface area contributed by atoms with Crippen molar-refractivity contribution in [3.8, 4) is 17.2 Å². The third-order valence-electron chi connectivity index (χ3n) is 8.48. The Morgan fingerprint density at radius 2 is 1.67 bits per heavy atom. The molecule has 1 amide bonds. The molecule has 0 saturated heterocycles. The highest BCUT2D eigenvalue weighted by molar-refractivity contribution is 7.92. The molecule has 6 rings (SSSR count). The summed E-state index contributed by atoms with van der Waals surface area (Å²) in [6.07, 6.45) is -1.21. The van der Waals surface area contributed by atoms with Gasteiger partial charge < -0.3 is 19.9 Å². The lowest BCUT2D eigenvalue weighted by atomic mass is 10.0. The van der Waals surface area contributed by atoms with E-state index in [1.807, 2.05) is 0 Å². The first-order valence-electron chi connectivity index (χ1n) is 15.7. The van der Waals surface area contributed by atoms with Gasteiger partial charge in [-0.15, -0.1) is 0 Å². The number of carboxylic acid groups (broad SMARTS) is 1. The average Bonchev–Trinajstić information content (AvgIpc) is 3.44. The van der Waals surface area contributed by atoms with Crippen LogP contribution in [0.3, 0.4) is 0 Å². The van der Waals surface area contributed by atoms with Gasteiger partial charge >= 0.3 is 6.09 Å². The van der Waals surface area contributed by atoms with Gasteiger partial charge in [0.05, 0.1) is 60.1 Å². The molecule has 0 radical (unpaired) electrons. The maximum atomic E-state index is 15.8. The van der Waals surface area contributed by atoms with E-state index < -0.39 is 79.9 Å². The van der Waals surface area contributed by atoms with Crippen LogP contribution in [0.25, 0.3) is 27.5 Å². The van der Waals surface area contributed by atoms with Crippen molar-refractivity contribution in [3.05, 3.63) is 116 Å². The minimum atomic E-state index is -4.08. The highest BCUT2D eigenvalue weighted by Gasteiger charge is 2.31. The van der Waals surface area contributed by atoms with Gasteiger partial charge in [-0.2, -0.15) is 5.10 Å². The van der Waals surface area contributed by atoms with E-state index in [1.165, 1.54) is 31.0 Å². The minimum Gasteiger partial charge on any atom is -0.497 e. The number of sulfonamides is 1. The highest BCUT2D eigenvalue weighted by atomic mass is 35.5. The van der Waals surface area contributed by atoms with E-state index in [9.17, 15) is 31.9 Å². The monoisotopic (exact) mass is 788 g/mol. The molecule has 282 valence electrons. The smallest absolute Gasteiger partial charge is 0.405 e. The molecule has 0 spiro atoms. The topological polar surface area (TPSA) is 158 Å². The van der Waals surface area contributed by atoms with Crippen molar-refractivity contribution in [2.45, 2.75) is 19.0 Å². The lowest BCUT2D eigenvalue weighted by molar-refractivity contribution is 0.189. The van der Waals surface area contributed by atoms with Crippen LogP contribution in [0.1, 0.15) is 23.0 Å². The van der Waals surface area contributed by atoms with Crippen LogP contribution in [0.15, 0.2) is 65.5 Å². The number of anilines is 1. The summed E-state index contributed by atoms with van der Waals surface area (Å²) in [6, 6.07) is 10.7. The minimum absolute atomic E-state index is 0.0131. The molecule has 4 aromatic carbocycles. The summed E-state index contributed by atoms with van der Waals surface area (Å²) in [5.41, 5.74) is -1.45. The summed E-state index contributed by atoms with van der Waals surface area (Å²) in [7, 11) is -0.193. The molecule has 6 aromatic rings. The number of benzene rings is 4. The maximum Gasteiger partial charge on any atom is 0.405 e. The number of aromatic nitrogens is 4. The van der Waals surface area contributed by atoms with Crippen molar-refractivity contribution in [1.29, 1.82) is 0 Å². The Kier molecular flexibility index (Phi) is 10.2. The van der Waals surface area contributed by atoms with Gasteiger partial charge in [-0.3, -0.25) is 14.0 Å². The zero-order chi connectivity index (χ0) is 39.2. The highest BCUT2D eigenvalue weighted by Crippen LogP contribution is 2.38. The largest absolute Gasteiger partial charge is 0.497 e. The van der Waals surface area contributed by atoms with E-state index in [0.717, 1.165) is 34.4 Å². The Morgan fingerprint density at radius 3 is 2.26 bits per heavy atom. The van der Waals surface area contributed by atoms with Gasteiger partial charge in [-0.05, 0) is 53.6 Å². The maximum absolute atomic E-state index is 15.8. The molecule has 2 N–H and O–H groups in total. The van der Waals surface area contributed by atoms with Crippen LogP contribution in [-0.4, -0.2) is 59.4 Å². The van der Waals surface area contributed by atoms with Gasteiger partial charge in [0.1, 0.15) is 28.7 Å².